The highest BCUT2D eigenvalue weighted by atomic mass is 19.1. The van der Waals surface area contributed by atoms with Gasteiger partial charge in [0.2, 0.25) is 5.91 Å². The predicted octanol–water partition coefficient (Wildman–Crippen LogP) is 1.39. The molecular formula is C15H22FN3O. The van der Waals surface area contributed by atoms with Crippen molar-refractivity contribution in [2.45, 2.75) is 19.3 Å². The summed E-state index contributed by atoms with van der Waals surface area (Å²) in [5.74, 6) is -0.106. The number of carbonyl (C=O) groups is 1. The van der Waals surface area contributed by atoms with Crippen LogP contribution in [0.5, 0.6) is 0 Å². The molecule has 0 atom stereocenters. The van der Waals surface area contributed by atoms with Crippen molar-refractivity contribution < 1.29 is 9.18 Å². The number of rotatable bonds is 6. The van der Waals surface area contributed by atoms with E-state index in [1.165, 1.54) is 6.07 Å². The van der Waals surface area contributed by atoms with Crippen LogP contribution in [0.2, 0.25) is 0 Å². The molecule has 0 fully saturated rings. The van der Waals surface area contributed by atoms with Crippen LogP contribution in [0, 0.1) is 5.82 Å². The molecule has 0 unspecified atom stereocenters. The third-order valence-electron chi connectivity index (χ3n) is 3.76. The first-order valence-electron chi connectivity index (χ1n) is 7.09. The zero-order chi connectivity index (χ0) is 14.5. The summed E-state index contributed by atoms with van der Waals surface area (Å²) >= 11 is 0. The highest BCUT2D eigenvalue weighted by Crippen LogP contribution is 2.28. The number of nitrogens with two attached hydrogens (primary N) is 1. The molecule has 2 N–H and O–H groups in total. The van der Waals surface area contributed by atoms with E-state index in [1.807, 2.05) is 6.07 Å². The SMILES string of the molecule is CN(CCCN)C(=O)CCN1CCc2ccc(F)cc21. The van der Waals surface area contributed by atoms with Gasteiger partial charge in [-0.2, -0.15) is 0 Å². The third kappa shape index (κ3) is 3.48. The van der Waals surface area contributed by atoms with E-state index in [9.17, 15) is 9.18 Å². The van der Waals surface area contributed by atoms with Crippen LogP contribution < -0.4 is 10.6 Å². The molecule has 1 aromatic carbocycles. The second-order valence-corrected chi connectivity index (χ2v) is 5.22. The highest BCUT2D eigenvalue weighted by molar-refractivity contribution is 5.76. The number of fused-ring (bicyclic) bond motifs is 1. The third-order valence-corrected chi connectivity index (χ3v) is 3.76. The Kier molecular flexibility index (Phi) is 4.95. The highest BCUT2D eigenvalue weighted by Gasteiger charge is 2.20. The van der Waals surface area contributed by atoms with Gasteiger partial charge in [0.05, 0.1) is 0 Å². The molecule has 1 aliphatic heterocycles. The smallest absolute Gasteiger partial charge is 0.224 e. The topological polar surface area (TPSA) is 49.6 Å². The average molecular weight is 279 g/mol. The Bertz CT molecular complexity index is 478. The van der Waals surface area contributed by atoms with Gasteiger partial charge >= 0.3 is 0 Å². The minimum absolute atomic E-state index is 0.114. The first-order valence-corrected chi connectivity index (χ1v) is 7.09. The van der Waals surface area contributed by atoms with Crippen molar-refractivity contribution in [1.82, 2.24) is 4.90 Å². The van der Waals surface area contributed by atoms with Gasteiger partial charge in [-0.15, -0.1) is 0 Å². The second kappa shape index (κ2) is 6.70. The van der Waals surface area contributed by atoms with Crippen molar-refractivity contribution >= 4 is 11.6 Å². The molecule has 5 heteroatoms. The maximum Gasteiger partial charge on any atom is 0.224 e. The molecule has 0 saturated heterocycles. The van der Waals surface area contributed by atoms with E-state index < -0.39 is 0 Å². The first kappa shape index (κ1) is 14.8. The molecule has 1 aromatic rings. The minimum Gasteiger partial charge on any atom is -0.370 e. The Hall–Kier alpha value is -1.62. The monoisotopic (exact) mass is 279 g/mol. The summed E-state index contributed by atoms with van der Waals surface area (Å²) in [6.45, 7) is 2.79. The fourth-order valence-corrected chi connectivity index (χ4v) is 2.53. The van der Waals surface area contributed by atoms with Gasteiger partial charge in [-0.25, -0.2) is 4.39 Å². The molecule has 0 bridgehead atoms. The molecule has 0 saturated carbocycles. The molecule has 4 nitrogen and oxygen atoms in total. The first-order chi connectivity index (χ1) is 9.61. The number of nitrogens with zero attached hydrogens (tertiary/aromatic N) is 2. The number of carbonyl (C=O) groups excluding carboxylic acids is 1. The Balaban J connectivity index is 1.87. The maximum atomic E-state index is 13.3. The summed E-state index contributed by atoms with van der Waals surface area (Å²) in [5.41, 5.74) is 7.53. The van der Waals surface area contributed by atoms with Crippen LogP contribution in [-0.2, 0) is 11.2 Å². The van der Waals surface area contributed by atoms with Gasteiger partial charge in [-0.1, -0.05) is 6.07 Å². The number of halogens is 1. The summed E-state index contributed by atoms with van der Waals surface area (Å²) < 4.78 is 13.3. The van der Waals surface area contributed by atoms with Gasteiger partial charge in [0.25, 0.3) is 0 Å². The molecule has 2 rings (SSSR count). The van der Waals surface area contributed by atoms with Crippen LogP contribution in [0.25, 0.3) is 0 Å². The van der Waals surface area contributed by atoms with Crippen LogP contribution in [0.15, 0.2) is 18.2 Å². The predicted molar refractivity (Wildman–Crippen MR) is 78.2 cm³/mol. The van der Waals surface area contributed by atoms with E-state index in [0.717, 1.165) is 30.6 Å². The van der Waals surface area contributed by atoms with Gasteiger partial charge in [0.15, 0.2) is 0 Å². The van der Waals surface area contributed by atoms with Crippen molar-refractivity contribution in [2.24, 2.45) is 5.73 Å². The summed E-state index contributed by atoms with van der Waals surface area (Å²) in [6, 6.07) is 4.89. The number of amides is 1. The summed E-state index contributed by atoms with van der Waals surface area (Å²) in [7, 11) is 1.80. The summed E-state index contributed by atoms with van der Waals surface area (Å²) in [4.78, 5) is 15.8. The van der Waals surface area contributed by atoms with Gasteiger partial charge < -0.3 is 15.5 Å². The lowest BCUT2D eigenvalue weighted by Gasteiger charge is -2.22. The number of hydrogen-bond acceptors (Lipinski definition) is 3. The molecule has 1 heterocycles. The number of benzene rings is 1. The van der Waals surface area contributed by atoms with Gasteiger partial charge in [0, 0.05) is 38.8 Å². The lowest BCUT2D eigenvalue weighted by Crippen LogP contribution is -2.32. The normalized spacial score (nSPS) is 13.4. The molecule has 0 aromatic heterocycles. The van der Waals surface area contributed by atoms with Gasteiger partial charge in [-0.05, 0) is 37.1 Å². The lowest BCUT2D eigenvalue weighted by molar-refractivity contribution is -0.129. The van der Waals surface area contributed by atoms with E-state index >= 15 is 0 Å². The van der Waals surface area contributed by atoms with E-state index in [2.05, 4.69) is 4.90 Å². The minimum atomic E-state index is -0.220. The molecule has 110 valence electrons. The Morgan fingerprint density at radius 2 is 2.30 bits per heavy atom. The van der Waals surface area contributed by atoms with Crippen LogP contribution in [0.1, 0.15) is 18.4 Å². The fraction of sp³-hybridized carbons (Fsp3) is 0.533. The van der Waals surface area contributed by atoms with Gasteiger partial charge in [0.1, 0.15) is 5.82 Å². The average Bonchev–Trinajstić information content (AvgIpc) is 2.84. The van der Waals surface area contributed by atoms with E-state index in [-0.39, 0.29) is 11.7 Å². The second-order valence-electron chi connectivity index (χ2n) is 5.22. The van der Waals surface area contributed by atoms with Crippen molar-refractivity contribution in [1.29, 1.82) is 0 Å². The van der Waals surface area contributed by atoms with Crippen molar-refractivity contribution in [3.8, 4) is 0 Å². The molecule has 0 aliphatic carbocycles. The number of anilines is 1. The fourth-order valence-electron chi connectivity index (χ4n) is 2.53. The molecule has 0 radical (unpaired) electrons. The number of hydrogen-bond donors (Lipinski definition) is 1. The van der Waals surface area contributed by atoms with Crippen LogP contribution in [0.4, 0.5) is 10.1 Å². The molecular weight excluding hydrogens is 257 g/mol. The zero-order valence-electron chi connectivity index (χ0n) is 11.9. The maximum absolute atomic E-state index is 13.3. The Morgan fingerprint density at radius 1 is 1.50 bits per heavy atom. The van der Waals surface area contributed by atoms with Crippen molar-refractivity contribution in [3.63, 3.8) is 0 Å². The standard InChI is InChI=1S/C15H22FN3O/c1-18(8-2-7-17)15(20)6-10-19-9-5-12-3-4-13(16)11-14(12)19/h3-4,11H,2,5-10,17H2,1H3. The largest absolute Gasteiger partial charge is 0.370 e. The van der Waals surface area contributed by atoms with Crippen molar-refractivity contribution in [2.75, 3.05) is 38.1 Å². The Morgan fingerprint density at radius 3 is 3.05 bits per heavy atom. The van der Waals surface area contributed by atoms with Crippen LogP contribution >= 0.6 is 0 Å². The van der Waals surface area contributed by atoms with Crippen molar-refractivity contribution in [3.05, 3.63) is 29.6 Å². The molecule has 1 aliphatic rings. The van der Waals surface area contributed by atoms with E-state index in [1.54, 1.807) is 18.0 Å². The Labute approximate surface area is 119 Å². The molecule has 0 spiro atoms. The zero-order valence-corrected chi connectivity index (χ0v) is 11.9. The summed E-state index contributed by atoms with van der Waals surface area (Å²) in [5, 5.41) is 0. The summed E-state index contributed by atoms with van der Waals surface area (Å²) in [6.07, 6.45) is 2.20. The van der Waals surface area contributed by atoms with E-state index in [4.69, 9.17) is 5.73 Å². The lowest BCUT2D eigenvalue weighted by atomic mass is 10.2. The van der Waals surface area contributed by atoms with Crippen LogP contribution in [-0.4, -0.2) is 44.0 Å². The quantitative estimate of drug-likeness (QED) is 0.856. The molecule has 20 heavy (non-hydrogen) atoms. The van der Waals surface area contributed by atoms with Crippen LogP contribution in [0.3, 0.4) is 0 Å². The van der Waals surface area contributed by atoms with E-state index in [0.29, 0.717) is 26.1 Å². The molecule has 1 amide bonds. The van der Waals surface area contributed by atoms with Gasteiger partial charge in [-0.3, -0.25) is 4.79 Å².